The molecule has 0 fully saturated rings. The van der Waals surface area contributed by atoms with Gasteiger partial charge in [-0.2, -0.15) is 4.99 Å². The van der Waals surface area contributed by atoms with Crippen LogP contribution in [0.4, 0.5) is 0 Å². The summed E-state index contributed by atoms with van der Waals surface area (Å²) >= 11 is 1.31. The minimum Gasteiger partial charge on any atom is -0.370 e. The Bertz CT molecular complexity index is 904. The molecule has 0 aliphatic carbocycles. The molecule has 0 aromatic heterocycles. The van der Waals surface area contributed by atoms with Crippen molar-refractivity contribution in [3.05, 3.63) is 53.6 Å². The minimum atomic E-state index is -3.54. The molecule has 126 valence electrons. The molecule has 0 heterocycles. The van der Waals surface area contributed by atoms with Gasteiger partial charge in [0.2, 0.25) is 0 Å². The number of nitrogens with zero attached hydrogens (tertiary/aromatic N) is 1. The van der Waals surface area contributed by atoms with Crippen LogP contribution in [0.5, 0.6) is 0 Å². The molecular formula is C16H17N3O3S2. The summed E-state index contributed by atoms with van der Waals surface area (Å²) in [6.07, 6.45) is 1.10. The average molecular weight is 363 g/mol. The number of nitrogens with two attached hydrogens (primary N) is 2. The van der Waals surface area contributed by atoms with Crippen LogP contribution in [0.3, 0.4) is 0 Å². The van der Waals surface area contributed by atoms with E-state index in [2.05, 4.69) is 4.99 Å². The minimum absolute atomic E-state index is 0.0658. The summed E-state index contributed by atoms with van der Waals surface area (Å²) in [7, 11) is -3.54. The summed E-state index contributed by atoms with van der Waals surface area (Å²) in [4.78, 5) is 17.1. The number of aliphatic imine (C=N–C) groups is 1. The fraction of sp³-hybridized carbons (Fsp3) is 0.125. The van der Waals surface area contributed by atoms with E-state index < -0.39 is 15.7 Å². The largest absolute Gasteiger partial charge is 0.370 e. The lowest BCUT2D eigenvalue weighted by Gasteiger charge is -2.12. The van der Waals surface area contributed by atoms with E-state index in [0.29, 0.717) is 10.5 Å². The van der Waals surface area contributed by atoms with Crippen molar-refractivity contribution >= 4 is 33.5 Å². The highest BCUT2D eigenvalue weighted by Gasteiger charge is 2.20. The monoisotopic (exact) mass is 363 g/mol. The standard InChI is InChI=1S/C16H17N3O3S2/c1-10-8-13(23-11-6-4-3-5-7-11)14(24(2,21)22)9-12(10)15(20)19-16(17)18/h3-9H,1-2H3,(H4,17,18,19,20). The number of hydrogen-bond acceptors (Lipinski definition) is 4. The maximum absolute atomic E-state index is 12.1. The molecule has 4 N–H and O–H groups in total. The summed E-state index contributed by atoms with van der Waals surface area (Å²) in [6.45, 7) is 1.70. The van der Waals surface area contributed by atoms with Gasteiger partial charge in [-0.25, -0.2) is 8.42 Å². The lowest BCUT2D eigenvalue weighted by Crippen LogP contribution is -2.24. The lowest BCUT2D eigenvalue weighted by atomic mass is 10.1. The van der Waals surface area contributed by atoms with Crippen molar-refractivity contribution in [2.75, 3.05) is 6.26 Å². The van der Waals surface area contributed by atoms with E-state index in [4.69, 9.17) is 11.5 Å². The van der Waals surface area contributed by atoms with Crippen molar-refractivity contribution in [1.29, 1.82) is 0 Å². The molecule has 0 aliphatic rings. The molecule has 0 saturated heterocycles. The number of carbonyl (C=O) groups is 1. The Kier molecular flexibility index (Phi) is 5.30. The molecule has 0 bridgehead atoms. The van der Waals surface area contributed by atoms with E-state index in [9.17, 15) is 13.2 Å². The lowest BCUT2D eigenvalue weighted by molar-refractivity contribution is 0.100. The third-order valence-corrected chi connectivity index (χ3v) is 5.45. The zero-order valence-electron chi connectivity index (χ0n) is 13.2. The first kappa shape index (κ1) is 18.0. The van der Waals surface area contributed by atoms with Crippen LogP contribution in [0.15, 0.2) is 62.1 Å². The Labute approximate surface area is 144 Å². The second-order valence-electron chi connectivity index (χ2n) is 5.14. The SMILES string of the molecule is Cc1cc(Sc2ccccc2)c(S(C)(=O)=O)cc1C(=O)N=C(N)N. The normalized spacial score (nSPS) is 11.1. The van der Waals surface area contributed by atoms with E-state index in [1.54, 1.807) is 13.0 Å². The van der Waals surface area contributed by atoms with Gasteiger partial charge < -0.3 is 11.5 Å². The molecule has 0 unspecified atom stereocenters. The summed E-state index contributed by atoms with van der Waals surface area (Å²) in [5, 5.41) is 0. The van der Waals surface area contributed by atoms with Crippen LogP contribution >= 0.6 is 11.8 Å². The highest BCUT2D eigenvalue weighted by atomic mass is 32.2. The first-order valence-corrected chi connectivity index (χ1v) is 9.61. The number of sulfone groups is 1. The third-order valence-electron chi connectivity index (χ3n) is 3.12. The molecule has 8 heteroatoms. The van der Waals surface area contributed by atoms with Gasteiger partial charge in [-0.15, -0.1) is 0 Å². The van der Waals surface area contributed by atoms with E-state index in [1.165, 1.54) is 17.8 Å². The molecule has 0 aliphatic heterocycles. The maximum atomic E-state index is 12.1. The molecule has 6 nitrogen and oxygen atoms in total. The molecule has 0 atom stereocenters. The van der Waals surface area contributed by atoms with Crippen LogP contribution in [-0.2, 0) is 9.84 Å². The van der Waals surface area contributed by atoms with Crippen molar-refractivity contribution < 1.29 is 13.2 Å². The Morgan fingerprint density at radius 1 is 1.12 bits per heavy atom. The number of carbonyl (C=O) groups excluding carboxylic acids is 1. The fourth-order valence-electron chi connectivity index (χ4n) is 2.05. The number of hydrogen-bond donors (Lipinski definition) is 2. The Balaban J connectivity index is 2.58. The second kappa shape index (κ2) is 7.06. The van der Waals surface area contributed by atoms with E-state index in [-0.39, 0.29) is 16.4 Å². The predicted molar refractivity (Wildman–Crippen MR) is 95.0 cm³/mol. The summed E-state index contributed by atoms with van der Waals surface area (Å²) < 4.78 is 24.3. The van der Waals surface area contributed by atoms with Crippen LogP contribution in [-0.4, -0.2) is 26.5 Å². The fourth-order valence-corrected chi connectivity index (χ4v) is 4.33. The van der Waals surface area contributed by atoms with Gasteiger partial charge in [0.25, 0.3) is 5.91 Å². The topological polar surface area (TPSA) is 116 Å². The van der Waals surface area contributed by atoms with Gasteiger partial charge in [-0.1, -0.05) is 30.0 Å². The Morgan fingerprint density at radius 3 is 2.29 bits per heavy atom. The highest BCUT2D eigenvalue weighted by Crippen LogP contribution is 2.34. The van der Waals surface area contributed by atoms with Crippen molar-refractivity contribution in [3.8, 4) is 0 Å². The highest BCUT2D eigenvalue weighted by molar-refractivity contribution is 8.00. The average Bonchev–Trinajstić information content (AvgIpc) is 2.46. The molecule has 24 heavy (non-hydrogen) atoms. The van der Waals surface area contributed by atoms with Gasteiger partial charge in [0.1, 0.15) is 0 Å². The quantitative estimate of drug-likeness (QED) is 0.634. The van der Waals surface area contributed by atoms with Crippen LogP contribution < -0.4 is 11.5 Å². The molecule has 0 saturated carbocycles. The molecule has 0 spiro atoms. The smallest absolute Gasteiger partial charge is 0.280 e. The molecule has 2 aromatic carbocycles. The maximum Gasteiger partial charge on any atom is 0.280 e. The molecule has 2 rings (SSSR count). The van der Waals surface area contributed by atoms with Crippen LogP contribution in [0.2, 0.25) is 0 Å². The van der Waals surface area contributed by atoms with Crippen LogP contribution in [0.25, 0.3) is 0 Å². The number of benzene rings is 2. The summed E-state index contributed by atoms with van der Waals surface area (Å²) in [6, 6.07) is 12.4. The Morgan fingerprint density at radius 2 is 1.75 bits per heavy atom. The number of amides is 1. The van der Waals surface area contributed by atoms with Gasteiger partial charge in [-0.3, -0.25) is 4.79 Å². The molecule has 1 amide bonds. The second-order valence-corrected chi connectivity index (χ2v) is 8.24. The number of aryl methyl sites for hydroxylation is 1. The third kappa shape index (κ3) is 4.36. The summed E-state index contributed by atoms with van der Waals surface area (Å²) in [5.41, 5.74) is 11.2. The zero-order chi connectivity index (χ0) is 17.9. The molecule has 0 radical (unpaired) electrons. The number of guanidine groups is 1. The molecular weight excluding hydrogens is 346 g/mol. The zero-order valence-corrected chi connectivity index (χ0v) is 14.8. The van der Waals surface area contributed by atoms with Gasteiger partial charge in [0.05, 0.1) is 4.90 Å². The first-order chi connectivity index (χ1) is 11.2. The van der Waals surface area contributed by atoms with E-state index in [1.807, 2.05) is 30.3 Å². The van der Waals surface area contributed by atoms with Crippen LogP contribution in [0, 0.1) is 6.92 Å². The number of rotatable bonds is 4. The van der Waals surface area contributed by atoms with Crippen molar-refractivity contribution in [2.24, 2.45) is 16.5 Å². The van der Waals surface area contributed by atoms with Gasteiger partial charge >= 0.3 is 0 Å². The predicted octanol–water partition coefficient (Wildman–Crippen LogP) is 1.96. The van der Waals surface area contributed by atoms with Crippen molar-refractivity contribution in [3.63, 3.8) is 0 Å². The van der Waals surface area contributed by atoms with Crippen LogP contribution in [0.1, 0.15) is 15.9 Å². The van der Waals surface area contributed by atoms with Gasteiger partial charge in [0.15, 0.2) is 15.8 Å². The van der Waals surface area contributed by atoms with E-state index >= 15 is 0 Å². The Hall–Kier alpha value is -2.32. The first-order valence-electron chi connectivity index (χ1n) is 6.90. The van der Waals surface area contributed by atoms with Gasteiger partial charge in [0, 0.05) is 21.6 Å². The van der Waals surface area contributed by atoms with Gasteiger partial charge in [-0.05, 0) is 36.8 Å². The van der Waals surface area contributed by atoms with E-state index in [0.717, 1.165) is 11.2 Å². The van der Waals surface area contributed by atoms with Crippen molar-refractivity contribution in [2.45, 2.75) is 21.6 Å². The summed E-state index contributed by atoms with van der Waals surface area (Å²) in [5.74, 6) is -1.04. The molecule has 2 aromatic rings. The van der Waals surface area contributed by atoms with Crippen molar-refractivity contribution in [1.82, 2.24) is 0 Å².